The molecule has 1 amide bonds. The van der Waals surface area contributed by atoms with Crippen molar-refractivity contribution < 1.29 is 13.6 Å². The van der Waals surface area contributed by atoms with E-state index in [9.17, 15) is 13.6 Å². The lowest BCUT2D eigenvalue weighted by atomic mass is 10.1. The van der Waals surface area contributed by atoms with Crippen molar-refractivity contribution in [3.63, 3.8) is 0 Å². The van der Waals surface area contributed by atoms with E-state index in [2.05, 4.69) is 20.5 Å². The zero-order chi connectivity index (χ0) is 16.6. The fraction of sp³-hybridized carbons (Fsp3) is 0.188. The highest BCUT2D eigenvalue weighted by Crippen LogP contribution is 2.28. The minimum atomic E-state index is -2.77. The lowest BCUT2D eigenvalue weighted by Crippen LogP contribution is -2.13. The molecule has 3 rings (SSSR count). The van der Waals surface area contributed by atoms with Crippen molar-refractivity contribution in [2.24, 2.45) is 0 Å². The number of aromatic amines is 1. The SMILES string of the molecule is Cc1[nH]nc(C(F)F)c1NC(=O)c1ccc2nccc(C)c2c1. The Morgan fingerprint density at radius 2 is 2.04 bits per heavy atom. The summed E-state index contributed by atoms with van der Waals surface area (Å²) in [5.74, 6) is -0.471. The second-order valence-corrected chi connectivity index (χ2v) is 5.22. The van der Waals surface area contributed by atoms with Gasteiger partial charge in [0.1, 0.15) is 0 Å². The molecule has 0 saturated heterocycles. The second-order valence-electron chi connectivity index (χ2n) is 5.22. The molecule has 0 fully saturated rings. The highest BCUT2D eigenvalue weighted by atomic mass is 19.3. The van der Waals surface area contributed by atoms with E-state index >= 15 is 0 Å². The molecule has 23 heavy (non-hydrogen) atoms. The number of rotatable bonds is 3. The van der Waals surface area contributed by atoms with Crippen molar-refractivity contribution in [3.8, 4) is 0 Å². The Bertz CT molecular complexity index is 889. The van der Waals surface area contributed by atoms with Crippen LogP contribution >= 0.6 is 0 Å². The van der Waals surface area contributed by atoms with Gasteiger partial charge in [0.15, 0.2) is 5.69 Å². The van der Waals surface area contributed by atoms with Gasteiger partial charge in [0.25, 0.3) is 12.3 Å². The average Bonchev–Trinajstić information content (AvgIpc) is 2.88. The largest absolute Gasteiger partial charge is 0.319 e. The number of benzene rings is 1. The van der Waals surface area contributed by atoms with E-state index in [-0.39, 0.29) is 5.69 Å². The van der Waals surface area contributed by atoms with Crippen LogP contribution in [0.3, 0.4) is 0 Å². The number of pyridine rings is 1. The predicted octanol–water partition coefficient (Wildman–Crippen LogP) is 3.76. The van der Waals surface area contributed by atoms with Gasteiger partial charge in [-0.3, -0.25) is 14.9 Å². The molecule has 0 atom stereocenters. The molecular formula is C16H14F2N4O. The van der Waals surface area contributed by atoms with Crippen molar-refractivity contribution in [1.82, 2.24) is 15.2 Å². The number of carbonyl (C=O) groups excluding carboxylic acids is 1. The van der Waals surface area contributed by atoms with E-state index in [1.54, 1.807) is 31.3 Å². The number of fused-ring (bicyclic) bond motifs is 1. The molecule has 2 aromatic heterocycles. The minimum Gasteiger partial charge on any atom is -0.319 e. The van der Waals surface area contributed by atoms with Gasteiger partial charge in [0, 0.05) is 17.1 Å². The number of aromatic nitrogens is 3. The zero-order valence-corrected chi connectivity index (χ0v) is 12.5. The first kappa shape index (κ1) is 15.1. The summed E-state index contributed by atoms with van der Waals surface area (Å²) in [6.45, 7) is 3.49. The number of aryl methyl sites for hydroxylation is 2. The van der Waals surface area contributed by atoms with Crippen LogP contribution in [0.2, 0.25) is 0 Å². The van der Waals surface area contributed by atoms with Crippen molar-refractivity contribution in [1.29, 1.82) is 0 Å². The third kappa shape index (κ3) is 2.77. The Labute approximate surface area is 130 Å². The van der Waals surface area contributed by atoms with Crippen molar-refractivity contribution in [2.75, 3.05) is 5.32 Å². The number of halogens is 2. The number of hydrogen-bond acceptors (Lipinski definition) is 3. The fourth-order valence-electron chi connectivity index (χ4n) is 2.37. The smallest absolute Gasteiger partial charge is 0.284 e. The molecule has 2 N–H and O–H groups in total. The summed E-state index contributed by atoms with van der Waals surface area (Å²) >= 11 is 0. The maximum absolute atomic E-state index is 12.9. The van der Waals surface area contributed by atoms with Crippen molar-refractivity contribution in [2.45, 2.75) is 20.3 Å². The van der Waals surface area contributed by atoms with Gasteiger partial charge in [-0.15, -0.1) is 0 Å². The summed E-state index contributed by atoms with van der Waals surface area (Å²) < 4.78 is 25.8. The monoisotopic (exact) mass is 316 g/mol. The molecule has 7 heteroatoms. The van der Waals surface area contributed by atoms with Gasteiger partial charge in [-0.05, 0) is 43.7 Å². The van der Waals surface area contributed by atoms with Crippen LogP contribution in [0.25, 0.3) is 10.9 Å². The van der Waals surface area contributed by atoms with Gasteiger partial charge in [0.2, 0.25) is 0 Å². The van der Waals surface area contributed by atoms with Gasteiger partial charge in [0.05, 0.1) is 16.9 Å². The Kier molecular flexibility index (Phi) is 3.77. The highest BCUT2D eigenvalue weighted by molar-refractivity contribution is 6.07. The number of nitrogens with one attached hydrogen (secondary N) is 2. The van der Waals surface area contributed by atoms with E-state index in [0.717, 1.165) is 16.5 Å². The summed E-state index contributed by atoms with van der Waals surface area (Å²) in [6, 6.07) is 6.89. The van der Waals surface area contributed by atoms with Gasteiger partial charge >= 0.3 is 0 Å². The number of amides is 1. The molecule has 0 spiro atoms. The third-order valence-electron chi connectivity index (χ3n) is 3.64. The van der Waals surface area contributed by atoms with E-state index < -0.39 is 18.0 Å². The summed E-state index contributed by atoms with van der Waals surface area (Å²) in [5.41, 5.74) is 2.07. The molecule has 0 bridgehead atoms. The van der Waals surface area contributed by atoms with Crippen LogP contribution in [-0.4, -0.2) is 21.1 Å². The Morgan fingerprint density at radius 1 is 1.26 bits per heavy atom. The van der Waals surface area contributed by atoms with Crippen LogP contribution in [0.5, 0.6) is 0 Å². The number of hydrogen-bond donors (Lipinski definition) is 2. The average molecular weight is 316 g/mol. The number of nitrogens with zero attached hydrogens (tertiary/aromatic N) is 2. The Hall–Kier alpha value is -2.83. The zero-order valence-electron chi connectivity index (χ0n) is 12.5. The normalized spacial score (nSPS) is 11.2. The number of carbonyl (C=O) groups is 1. The van der Waals surface area contributed by atoms with Crippen LogP contribution in [0, 0.1) is 13.8 Å². The lowest BCUT2D eigenvalue weighted by Gasteiger charge is -2.08. The van der Waals surface area contributed by atoms with Crippen LogP contribution < -0.4 is 5.32 Å². The van der Waals surface area contributed by atoms with Gasteiger partial charge in [-0.1, -0.05) is 0 Å². The topological polar surface area (TPSA) is 70.7 Å². The van der Waals surface area contributed by atoms with Crippen LogP contribution in [0.1, 0.15) is 33.7 Å². The van der Waals surface area contributed by atoms with Crippen molar-refractivity contribution in [3.05, 3.63) is 53.0 Å². The molecular weight excluding hydrogens is 302 g/mol. The summed E-state index contributed by atoms with van der Waals surface area (Å²) in [5, 5.41) is 9.34. The van der Waals surface area contributed by atoms with Crippen LogP contribution in [0.4, 0.5) is 14.5 Å². The molecule has 1 aromatic carbocycles. The Morgan fingerprint density at radius 3 is 2.78 bits per heavy atom. The molecule has 5 nitrogen and oxygen atoms in total. The number of H-pyrrole nitrogens is 1. The molecule has 0 aliphatic carbocycles. The van der Waals surface area contributed by atoms with E-state index in [4.69, 9.17) is 0 Å². The Balaban J connectivity index is 1.95. The van der Waals surface area contributed by atoms with Gasteiger partial charge in [-0.25, -0.2) is 8.78 Å². The van der Waals surface area contributed by atoms with Gasteiger partial charge in [-0.2, -0.15) is 5.10 Å². The summed E-state index contributed by atoms with van der Waals surface area (Å²) in [7, 11) is 0. The fourth-order valence-corrected chi connectivity index (χ4v) is 2.37. The molecule has 2 heterocycles. The maximum Gasteiger partial charge on any atom is 0.284 e. The van der Waals surface area contributed by atoms with Crippen molar-refractivity contribution >= 4 is 22.5 Å². The molecule has 0 aliphatic rings. The molecule has 0 radical (unpaired) electrons. The van der Waals surface area contributed by atoms with Crippen LogP contribution in [0.15, 0.2) is 30.5 Å². The van der Waals surface area contributed by atoms with Gasteiger partial charge < -0.3 is 5.32 Å². The third-order valence-corrected chi connectivity index (χ3v) is 3.64. The standard InChI is InChI=1S/C16H14F2N4O/c1-8-5-6-19-12-4-3-10(7-11(8)12)16(23)20-13-9(2)21-22-14(13)15(17)18/h3-7,15H,1-2H3,(H,20,23)(H,21,22). The second kappa shape index (κ2) is 5.75. The van der Waals surface area contributed by atoms with E-state index in [1.165, 1.54) is 0 Å². The summed E-state index contributed by atoms with van der Waals surface area (Å²) in [6.07, 6.45) is -1.07. The van der Waals surface area contributed by atoms with Crippen LogP contribution in [-0.2, 0) is 0 Å². The van der Waals surface area contributed by atoms with E-state index in [1.807, 2.05) is 13.0 Å². The molecule has 118 valence electrons. The highest BCUT2D eigenvalue weighted by Gasteiger charge is 2.21. The number of alkyl halides is 2. The molecule has 0 unspecified atom stereocenters. The first-order valence-electron chi connectivity index (χ1n) is 6.97. The lowest BCUT2D eigenvalue weighted by molar-refractivity contribution is 0.102. The maximum atomic E-state index is 12.9. The predicted molar refractivity (Wildman–Crippen MR) is 82.7 cm³/mol. The first-order chi connectivity index (χ1) is 11.0. The molecule has 0 saturated carbocycles. The summed E-state index contributed by atoms with van der Waals surface area (Å²) in [4.78, 5) is 16.6. The molecule has 3 aromatic rings. The first-order valence-corrected chi connectivity index (χ1v) is 6.97. The number of anilines is 1. The molecule has 0 aliphatic heterocycles. The minimum absolute atomic E-state index is 0.0213. The van der Waals surface area contributed by atoms with E-state index in [0.29, 0.717) is 11.3 Å². The quantitative estimate of drug-likeness (QED) is 0.773.